The molecule has 0 aliphatic rings. The lowest BCUT2D eigenvalue weighted by atomic mass is 10.2. The Balaban J connectivity index is 2.30. The number of hydrogen-bond donors (Lipinski definition) is 1. The van der Waals surface area contributed by atoms with Gasteiger partial charge in [-0.2, -0.15) is 5.10 Å². The van der Waals surface area contributed by atoms with Crippen LogP contribution in [-0.4, -0.2) is 22.1 Å². The van der Waals surface area contributed by atoms with E-state index in [0.29, 0.717) is 5.92 Å². The first-order chi connectivity index (χ1) is 10.1. The molecule has 0 atom stereocenters. The number of nitrogens with one attached hydrogen (secondary N) is 1. The number of aromatic nitrogens is 2. The van der Waals surface area contributed by atoms with Gasteiger partial charge in [0.1, 0.15) is 5.03 Å². The average Bonchev–Trinajstić information content (AvgIpc) is 2.77. The van der Waals surface area contributed by atoms with Crippen LogP contribution in [0.3, 0.4) is 0 Å². The van der Waals surface area contributed by atoms with Crippen molar-refractivity contribution in [3.63, 3.8) is 0 Å². The summed E-state index contributed by atoms with van der Waals surface area (Å²) in [5, 5.41) is 9.55. The zero-order valence-corrected chi connectivity index (χ0v) is 14.2. The molecule has 0 bridgehead atoms. The van der Waals surface area contributed by atoms with Gasteiger partial charge < -0.3 is 5.32 Å². The van der Waals surface area contributed by atoms with Crippen molar-refractivity contribution in [2.75, 3.05) is 12.3 Å². The van der Waals surface area contributed by atoms with Crippen molar-refractivity contribution in [2.45, 2.75) is 39.3 Å². The lowest BCUT2D eigenvalue weighted by Crippen LogP contribution is -2.19. The highest BCUT2D eigenvalue weighted by Crippen LogP contribution is 2.28. The van der Waals surface area contributed by atoms with E-state index in [9.17, 15) is 0 Å². The number of rotatable bonds is 7. The summed E-state index contributed by atoms with van der Waals surface area (Å²) in [6.07, 6.45) is 0. The minimum atomic E-state index is 0.664. The molecule has 0 saturated heterocycles. The number of thioether (sulfide) groups is 1. The summed E-state index contributed by atoms with van der Waals surface area (Å²) >= 11 is 1.86. The van der Waals surface area contributed by atoms with Gasteiger partial charge in [0.25, 0.3) is 0 Å². The Morgan fingerprint density at radius 3 is 2.57 bits per heavy atom. The normalized spacial score (nSPS) is 11.3. The van der Waals surface area contributed by atoms with Gasteiger partial charge in [0.05, 0.1) is 11.4 Å². The second-order valence-corrected chi connectivity index (χ2v) is 6.83. The van der Waals surface area contributed by atoms with Gasteiger partial charge in [-0.05, 0) is 37.3 Å². The fraction of sp³-hybridized carbons (Fsp3) is 0.471. The zero-order valence-electron chi connectivity index (χ0n) is 13.4. The van der Waals surface area contributed by atoms with E-state index in [0.717, 1.165) is 30.2 Å². The van der Waals surface area contributed by atoms with Gasteiger partial charge in [-0.3, -0.25) is 0 Å². The Kier molecular flexibility index (Phi) is 5.88. The molecule has 1 N–H and O–H groups in total. The van der Waals surface area contributed by atoms with E-state index in [-0.39, 0.29) is 0 Å². The van der Waals surface area contributed by atoms with Gasteiger partial charge in [0.2, 0.25) is 0 Å². The highest BCUT2D eigenvalue weighted by molar-refractivity contribution is 7.99. The molecular weight excluding hydrogens is 278 g/mol. The summed E-state index contributed by atoms with van der Waals surface area (Å²) in [6.45, 7) is 10.7. The lowest BCUT2D eigenvalue weighted by molar-refractivity contribution is 0.548. The zero-order chi connectivity index (χ0) is 15.2. The Bertz CT molecular complexity index is 561. The summed E-state index contributed by atoms with van der Waals surface area (Å²) in [4.78, 5) is 0. The third kappa shape index (κ3) is 4.11. The molecule has 0 radical (unpaired) electrons. The molecule has 0 aliphatic heterocycles. The van der Waals surface area contributed by atoms with Crippen LogP contribution < -0.4 is 5.32 Å². The van der Waals surface area contributed by atoms with E-state index in [2.05, 4.69) is 62.0 Å². The monoisotopic (exact) mass is 303 g/mol. The number of benzene rings is 1. The van der Waals surface area contributed by atoms with Gasteiger partial charge in [-0.25, -0.2) is 4.68 Å². The second kappa shape index (κ2) is 7.66. The number of nitrogens with zero attached hydrogens (tertiary/aromatic N) is 2. The molecule has 0 aliphatic carbocycles. The van der Waals surface area contributed by atoms with Crippen LogP contribution in [-0.2, 0) is 6.54 Å². The van der Waals surface area contributed by atoms with Crippen LogP contribution in [0.5, 0.6) is 0 Å². The van der Waals surface area contributed by atoms with E-state index in [1.807, 2.05) is 17.8 Å². The molecule has 4 heteroatoms. The summed E-state index contributed by atoms with van der Waals surface area (Å²) in [7, 11) is 0. The predicted octanol–water partition coefficient (Wildman–Crippen LogP) is 4.04. The maximum atomic E-state index is 4.75. The Hall–Kier alpha value is -1.26. The molecule has 0 fully saturated rings. The minimum Gasteiger partial charge on any atom is -0.312 e. The Morgan fingerprint density at radius 1 is 1.24 bits per heavy atom. The molecule has 1 aromatic carbocycles. The fourth-order valence-corrected chi connectivity index (χ4v) is 3.19. The van der Waals surface area contributed by atoms with Crippen LogP contribution in [0.4, 0.5) is 0 Å². The van der Waals surface area contributed by atoms with Gasteiger partial charge in [0.15, 0.2) is 0 Å². The van der Waals surface area contributed by atoms with E-state index in [4.69, 9.17) is 5.10 Å². The van der Waals surface area contributed by atoms with E-state index in [1.54, 1.807) is 0 Å². The molecule has 21 heavy (non-hydrogen) atoms. The molecule has 0 unspecified atom stereocenters. The van der Waals surface area contributed by atoms with Crippen LogP contribution >= 0.6 is 11.8 Å². The molecule has 2 aromatic rings. The second-order valence-electron chi connectivity index (χ2n) is 5.57. The van der Waals surface area contributed by atoms with Crippen molar-refractivity contribution in [2.24, 2.45) is 5.92 Å². The van der Waals surface area contributed by atoms with Crippen LogP contribution in [0.1, 0.15) is 32.0 Å². The quantitative estimate of drug-likeness (QED) is 0.783. The van der Waals surface area contributed by atoms with E-state index >= 15 is 0 Å². The highest BCUT2D eigenvalue weighted by Gasteiger charge is 2.16. The Labute approximate surface area is 132 Å². The van der Waals surface area contributed by atoms with Crippen molar-refractivity contribution in [1.29, 1.82) is 0 Å². The lowest BCUT2D eigenvalue weighted by Gasteiger charge is -2.10. The van der Waals surface area contributed by atoms with E-state index in [1.165, 1.54) is 10.6 Å². The topological polar surface area (TPSA) is 29.9 Å². The molecule has 1 aromatic heterocycles. The summed E-state index contributed by atoms with van der Waals surface area (Å²) in [6, 6.07) is 10.4. The largest absolute Gasteiger partial charge is 0.312 e. The van der Waals surface area contributed by atoms with Gasteiger partial charge in [0, 0.05) is 12.1 Å². The molecule has 114 valence electrons. The third-order valence-corrected chi connectivity index (χ3v) is 4.25. The van der Waals surface area contributed by atoms with Crippen LogP contribution in [0, 0.1) is 12.8 Å². The predicted molar refractivity (Wildman–Crippen MR) is 91.2 cm³/mol. The first kappa shape index (κ1) is 16.1. The molecule has 0 saturated carbocycles. The van der Waals surface area contributed by atoms with Crippen molar-refractivity contribution in [1.82, 2.24) is 15.1 Å². The van der Waals surface area contributed by atoms with Crippen LogP contribution in [0.2, 0.25) is 0 Å². The van der Waals surface area contributed by atoms with Gasteiger partial charge in [-0.1, -0.05) is 39.0 Å². The van der Waals surface area contributed by atoms with Crippen molar-refractivity contribution in [3.8, 4) is 5.69 Å². The molecule has 1 heterocycles. The molecular formula is C17H25N3S. The molecule has 3 nitrogen and oxygen atoms in total. The summed E-state index contributed by atoms with van der Waals surface area (Å²) < 4.78 is 2.08. The average molecular weight is 303 g/mol. The highest BCUT2D eigenvalue weighted by atomic mass is 32.2. The smallest absolute Gasteiger partial charge is 0.105 e. The number of aryl methyl sites for hydroxylation is 1. The third-order valence-electron chi connectivity index (χ3n) is 3.27. The standard InChI is InChI=1S/C17H25N3S/c1-5-21-17-16(12-18-11-13(2)3)14(4)19-20(17)15-9-7-6-8-10-15/h6-10,13,18H,5,11-12H2,1-4H3. The van der Waals surface area contributed by atoms with Crippen LogP contribution in [0.15, 0.2) is 35.4 Å². The maximum Gasteiger partial charge on any atom is 0.105 e. The van der Waals surface area contributed by atoms with E-state index < -0.39 is 0 Å². The molecule has 0 spiro atoms. The van der Waals surface area contributed by atoms with Crippen LogP contribution in [0.25, 0.3) is 5.69 Å². The minimum absolute atomic E-state index is 0.664. The van der Waals surface area contributed by atoms with Crippen molar-refractivity contribution < 1.29 is 0 Å². The SMILES string of the molecule is CCSc1c(CNCC(C)C)c(C)nn1-c1ccccc1. The first-order valence-corrected chi connectivity index (χ1v) is 8.59. The van der Waals surface area contributed by atoms with Crippen molar-refractivity contribution >= 4 is 11.8 Å². The summed E-state index contributed by atoms with van der Waals surface area (Å²) in [5.74, 6) is 1.71. The molecule has 2 rings (SSSR count). The van der Waals surface area contributed by atoms with Gasteiger partial charge >= 0.3 is 0 Å². The maximum absolute atomic E-state index is 4.75. The first-order valence-electron chi connectivity index (χ1n) is 7.61. The van der Waals surface area contributed by atoms with Gasteiger partial charge in [-0.15, -0.1) is 11.8 Å². The number of hydrogen-bond acceptors (Lipinski definition) is 3. The summed E-state index contributed by atoms with van der Waals surface area (Å²) in [5.41, 5.74) is 3.57. The Morgan fingerprint density at radius 2 is 1.95 bits per heavy atom. The number of para-hydroxylation sites is 1. The molecule has 0 amide bonds. The fourth-order valence-electron chi connectivity index (χ4n) is 2.26. The van der Waals surface area contributed by atoms with Crippen molar-refractivity contribution in [3.05, 3.63) is 41.6 Å².